The molecule has 1 atom stereocenters. The average molecular weight is 313 g/mol. The summed E-state index contributed by atoms with van der Waals surface area (Å²) in [4.78, 5) is 25.0. The fourth-order valence-electron chi connectivity index (χ4n) is 2.23. The normalized spacial score (nSPS) is 18.5. The molecule has 2 rings (SSSR count). The second kappa shape index (κ2) is 5.22. The number of hydrogen-bond acceptors (Lipinski definition) is 3. The zero-order valence-electron chi connectivity index (χ0n) is 11.3. The van der Waals surface area contributed by atoms with Crippen molar-refractivity contribution in [3.63, 3.8) is 0 Å². The Kier molecular flexibility index (Phi) is 3.70. The number of amides is 2. The Morgan fingerprint density at radius 2 is 2.09 bits per heavy atom. The van der Waals surface area contributed by atoms with E-state index in [0.717, 1.165) is 21.9 Å². The van der Waals surface area contributed by atoms with E-state index >= 15 is 0 Å². The Balaban J connectivity index is 2.55. The Hall–Kier alpha value is -2.76. The van der Waals surface area contributed by atoms with Gasteiger partial charge in [0.1, 0.15) is 0 Å². The van der Waals surface area contributed by atoms with Gasteiger partial charge in [-0.2, -0.15) is 18.4 Å². The molecule has 1 unspecified atom stereocenters. The average Bonchev–Trinajstić information content (AvgIpc) is 2.73. The van der Waals surface area contributed by atoms with Gasteiger partial charge in [0.2, 0.25) is 0 Å². The topological polar surface area (TPSA) is 84.6 Å². The van der Waals surface area contributed by atoms with Crippen LogP contribution in [0.1, 0.15) is 11.1 Å². The number of likely N-dealkylation sites (N-methyl/N-ethyl adjacent to an activating group) is 1. The van der Waals surface area contributed by atoms with Crippen LogP contribution in [0.2, 0.25) is 0 Å². The number of anilines is 1. The molecular weight excluding hydrogens is 303 g/mol. The molecule has 1 aliphatic heterocycles. The number of aliphatic carboxylic acids is 1. The van der Waals surface area contributed by atoms with Gasteiger partial charge in [0, 0.05) is 12.7 Å². The Bertz CT molecular complexity index is 681. The largest absolute Gasteiger partial charge is 0.480 e. The lowest BCUT2D eigenvalue weighted by Gasteiger charge is -2.21. The number of carbonyl (C=O) groups excluding carboxylic acids is 1. The summed E-state index contributed by atoms with van der Waals surface area (Å²) in [6, 6.07) is 2.08. The first-order chi connectivity index (χ1) is 10.2. The molecule has 1 aromatic rings. The first-order valence-corrected chi connectivity index (χ1v) is 6.05. The third kappa shape index (κ3) is 2.55. The lowest BCUT2D eigenvalue weighted by molar-refractivity contribution is -0.138. The minimum atomic E-state index is -4.78. The summed E-state index contributed by atoms with van der Waals surface area (Å²) < 4.78 is 38.9. The maximum absolute atomic E-state index is 13.0. The van der Waals surface area contributed by atoms with Crippen LogP contribution >= 0.6 is 0 Å². The highest BCUT2D eigenvalue weighted by molar-refractivity contribution is 6.01. The maximum atomic E-state index is 13.0. The first-order valence-electron chi connectivity index (χ1n) is 6.05. The molecule has 0 radical (unpaired) electrons. The molecular formula is C13H10F3N3O3. The van der Waals surface area contributed by atoms with Crippen LogP contribution in [-0.2, 0) is 11.0 Å². The molecule has 9 heteroatoms. The van der Waals surface area contributed by atoms with E-state index in [4.69, 9.17) is 10.4 Å². The summed E-state index contributed by atoms with van der Waals surface area (Å²) in [6.45, 7) is -0.143. The van der Waals surface area contributed by atoms with Gasteiger partial charge in [-0.15, -0.1) is 0 Å². The van der Waals surface area contributed by atoms with Gasteiger partial charge in [-0.05, 0) is 18.2 Å². The van der Waals surface area contributed by atoms with E-state index in [2.05, 4.69) is 0 Å². The minimum absolute atomic E-state index is 0.143. The molecule has 1 aromatic carbocycles. The van der Waals surface area contributed by atoms with Crippen molar-refractivity contribution in [3.05, 3.63) is 29.3 Å². The molecule has 1 saturated heterocycles. The number of urea groups is 1. The minimum Gasteiger partial charge on any atom is -0.480 e. The highest BCUT2D eigenvalue weighted by Gasteiger charge is 2.42. The highest BCUT2D eigenvalue weighted by atomic mass is 19.4. The fourth-order valence-corrected chi connectivity index (χ4v) is 2.23. The summed E-state index contributed by atoms with van der Waals surface area (Å²) in [5.74, 6) is -1.32. The predicted molar refractivity (Wildman–Crippen MR) is 68.1 cm³/mol. The SMILES string of the molecule is CN1CC(C(=O)O)N(c2ccc(C#N)c(C(F)(F)F)c2)C1=O. The Morgan fingerprint density at radius 1 is 1.45 bits per heavy atom. The molecule has 0 aromatic heterocycles. The molecule has 0 saturated carbocycles. The first kappa shape index (κ1) is 15.6. The smallest absolute Gasteiger partial charge is 0.417 e. The van der Waals surface area contributed by atoms with Crippen molar-refractivity contribution >= 4 is 17.7 Å². The molecule has 1 heterocycles. The standard InChI is InChI=1S/C13H10F3N3O3/c1-18-6-10(11(20)21)19(12(18)22)8-3-2-7(5-17)9(4-8)13(14,15)16/h2-4,10H,6H2,1H3,(H,20,21). The number of nitriles is 1. The molecule has 0 bridgehead atoms. The summed E-state index contributed by atoms with van der Waals surface area (Å²) >= 11 is 0. The molecule has 2 amide bonds. The molecule has 1 fully saturated rings. The number of carbonyl (C=O) groups is 2. The number of benzene rings is 1. The van der Waals surface area contributed by atoms with E-state index in [1.807, 2.05) is 0 Å². The number of carboxylic acid groups (broad SMARTS) is 1. The molecule has 1 N–H and O–H groups in total. The fraction of sp³-hybridized carbons (Fsp3) is 0.308. The van der Waals surface area contributed by atoms with Crippen LogP contribution < -0.4 is 4.90 Å². The van der Waals surface area contributed by atoms with Gasteiger partial charge in [0.05, 0.1) is 23.7 Å². The predicted octanol–water partition coefficient (Wildman–Crippen LogP) is 1.90. The Morgan fingerprint density at radius 3 is 2.59 bits per heavy atom. The summed E-state index contributed by atoms with van der Waals surface area (Å²) in [5.41, 5.74) is -2.02. The lowest BCUT2D eigenvalue weighted by atomic mass is 10.1. The number of rotatable bonds is 2. The van der Waals surface area contributed by atoms with E-state index in [-0.39, 0.29) is 12.2 Å². The van der Waals surface area contributed by atoms with Crippen LogP contribution in [0.5, 0.6) is 0 Å². The van der Waals surface area contributed by atoms with Gasteiger partial charge < -0.3 is 10.0 Å². The monoisotopic (exact) mass is 313 g/mol. The van der Waals surface area contributed by atoms with Crippen molar-refractivity contribution in [1.82, 2.24) is 4.90 Å². The Labute approximate surface area is 123 Å². The quantitative estimate of drug-likeness (QED) is 0.903. The van der Waals surface area contributed by atoms with Crippen LogP contribution in [0, 0.1) is 11.3 Å². The van der Waals surface area contributed by atoms with Gasteiger partial charge in [-0.3, -0.25) is 4.90 Å². The molecule has 6 nitrogen and oxygen atoms in total. The lowest BCUT2D eigenvalue weighted by Crippen LogP contribution is -2.39. The van der Waals surface area contributed by atoms with Gasteiger partial charge in [0.15, 0.2) is 6.04 Å². The van der Waals surface area contributed by atoms with Crippen LogP contribution in [0.25, 0.3) is 0 Å². The number of halogens is 3. The number of hydrogen-bond donors (Lipinski definition) is 1. The van der Waals surface area contributed by atoms with E-state index in [0.29, 0.717) is 6.07 Å². The van der Waals surface area contributed by atoms with Crippen molar-refractivity contribution in [2.24, 2.45) is 0 Å². The third-order valence-electron chi connectivity index (χ3n) is 3.28. The van der Waals surface area contributed by atoms with Crippen LogP contribution in [0.4, 0.5) is 23.7 Å². The molecule has 116 valence electrons. The van der Waals surface area contributed by atoms with E-state index in [9.17, 15) is 22.8 Å². The van der Waals surface area contributed by atoms with Crippen LogP contribution in [0.15, 0.2) is 18.2 Å². The van der Waals surface area contributed by atoms with Gasteiger partial charge in [-0.25, -0.2) is 9.59 Å². The highest BCUT2D eigenvalue weighted by Crippen LogP contribution is 2.35. The summed E-state index contributed by atoms with van der Waals surface area (Å²) in [5, 5.41) is 17.9. The zero-order valence-corrected chi connectivity index (χ0v) is 11.3. The van der Waals surface area contributed by atoms with Gasteiger partial charge >= 0.3 is 18.2 Å². The maximum Gasteiger partial charge on any atom is 0.417 e. The van der Waals surface area contributed by atoms with E-state index in [1.54, 1.807) is 0 Å². The van der Waals surface area contributed by atoms with E-state index < -0.39 is 35.3 Å². The number of nitrogens with zero attached hydrogens (tertiary/aromatic N) is 3. The van der Waals surface area contributed by atoms with Crippen molar-refractivity contribution in [1.29, 1.82) is 5.26 Å². The molecule has 22 heavy (non-hydrogen) atoms. The summed E-state index contributed by atoms with van der Waals surface area (Å²) in [6.07, 6.45) is -4.78. The second-order valence-corrected chi connectivity index (χ2v) is 4.73. The van der Waals surface area contributed by atoms with Crippen LogP contribution in [0.3, 0.4) is 0 Å². The van der Waals surface area contributed by atoms with Crippen molar-refractivity contribution in [2.45, 2.75) is 12.2 Å². The van der Waals surface area contributed by atoms with Gasteiger partial charge in [-0.1, -0.05) is 0 Å². The zero-order chi connectivity index (χ0) is 16.7. The number of alkyl halides is 3. The summed E-state index contributed by atoms with van der Waals surface area (Å²) in [7, 11) is 1.35. The van der Waals surface area contributed by atoms with Crippen molar-refractivity contribution in [3.8, 4) is 6.07 Å². The molecule has 1 aliphatic rings. The van der Waals surface area contributed by atoms with Crippen molar-refractivity contribution < 1.29 is 27.9 Å². The van der Waals surface area contributed by atoms with Gasteiger partial charge in [0.25, 0.3) is 0 Å². The van der Waals surface area contributed by atoms with Crippen LogP contribution in [-0.4, -0.2) is 41.6 Å². The van der Waals surface area contributed by atoms with Crippen molar-refractivity contribution in [2.75, 3.05) is 18.5 Å². The third-order valence-corrected chi connectivity index (χ3v) is 3.28. The van der Waals surface area contributed by atoms with E-state index in [1.165, 1.54) is 13.1 Å². The number of carboxylic acids is 1. The molecule has 0 spiro atoms. The molecule has 0 aliphatic carbocycles. The second-order valence-electron chi connectivity index (χ2n) is 4.73.